The highest BCUT2D eigenvalue weighted by Crippen LogP contribution is 2.23. The van der Waals surface area contributed by atoms with Crippen molar-refractivity contribution in [2.24, 2.45) is 0 Å². The quantitative estimate of drug-likeness (QED) is 0.836. The molecule has 0 amide bonds. The van der Waals surface area contributed by atoms with E-state index in [1.54, 1.807) is 11.3 Å². The molecule has 0 saturated heterocycles. The first-order chi connectivity index (χ1) is 8.15. The molecule has 4 heteroatoms. The number of nitrogen functional groups attached to an aromatic ring is 1. The van der Waals surface area contributed by atoms with Crippen LogP contribution in [-0.4, -0.2) is 6.54 Å². The second kappa shape index (κ2) is 5.56. The summed E-state index contributed by atoms with van der Waals surface area (Å²) in [6, 6.07) is 10.3. The number of nitrogens with one attached hydrogen (secondary N) is 1. The summed E-state index contributed by atoms with van der Waals surface area (Å²) in [5.74, 6) is 0. The van der Waals surface area contributed by atoms with E-state index in [0.717, 1.165) is 24.3 Å². The zero-order chi connectivity index (χ0) is 12.3. The summed E-state index contributed by atoms with van der Waals surface area (Å²) < 4.78 is 1.18. The summed E-state index contributed by atoms with van der Waals surface area (Å²) >= 11 is 5.24. The molecule has 1 heterocycles. The number of benzene rings is 1. The van der Waals surface area contributed by atoms with Crippen molar-refractivity contribution < 1.29 is 0 Å². The molecule has 2 aromatic rings. The van der Waals surface area contributed by atoms with Gasteiger partial charge in [0.05, 0.1) is 15.2 Å². The maximum atomic E-state index is 5.94. The maximum absolute atomic E-state index is 5.94. The van der Waals surface area contributed by atoms with Crippen LogP contribution in [-0.2, 0) is 6.42 Å². The topological polar surface area (TPSA) is 38.0 Å². The van der Waals surface area contributed by atoms with Crippen molar-refractivity contribution in [3.8, 4) is 0 Å². The largest absolute Gasteiger partial charge is 0.397 e. The van der Waals surface area contributed by atoms with Crippen LogP contribution in [0, 0.1) is 6.92 Å². The Bertz CT molecular complexity index is 508. The van der Waals surface area contributed by atoms with Crippen molar-refractivity contribution in [1.82, 2.24) is 0 Å². The molecule has 90 valence electrons. The second-order valence-electron chi connectivity index (χ2n) is 3.97. The molecule has 17 heavy (non-hydrogen) atoms. The number of anilines is 2. The van der Waals surface area contributed by atoms with E-state index < -0.39 is 0 Å². The minimum atomic E-state index is 0.817. The molecule has 2 rings (SSSR count). The zero-order valence-corrected chi connectivity index (χ0v) is 12.1. The Hall–Kier alpha value is -1.000. The van der Waals surface area contributed by atoms with Crippen LogP contribution in [0.3, 0.4) is 0 Å². The van der Waals surface area contributed by atoms with Crippen molar-refractivity contribution >= 4 is 38.6 Å². The lowest BCUT2D eigenvalue weighted by Gasteiger charge is -2.09. The second-order valence-corrected chi connectivity index (χ2v) is 6.52. The highest BCUT2D eigenvalue weighted by atomic mass is 79.9. The van der Waals surface area contributed by atoms with E-state index in [1.165, 1.54) is 14.2 Å². The first-order valence-corrected chi connectivity index (χ1v) is 7.10. The van der Waals surface area contributed by atoms with Crippen LogP contribution in [0.4, 0.5) is 11.4 Å². The van der Waals surface area contributed by atoms with E-state index in [4.69, 9.17) is 5.73 Å². The molecule has 1 aromatic heterocycles. The minimum Gasteiger partial charge on any atom is -0.397 e. The Labute approximate surface area is 114 Å². The van der Waals surface area contributed by atoms with Crippen molar-refractivity contribution in [2.45, 2.75) is 13.3 Å². The predicted molar refractivity (Wildman–Crippen MR) is 79.8 cm³/mol. The zero-order valence-electron chi connectivity index (χ0n) is 9.66. The van der Waals surface area contributed by atoms with Crippen LogP contribution in [0.2, 0.25) is 0 Å². The van der Waals surface area contributed by atoms with Gasteiger partial charge >= 0.3 is 0 Å². The SMILES string of the molecule is Cc1ccc(NCCc2ccc(Br)s2)c(N)c1. The van der Waals surface area contributed by atoms with E-state index in [2.05, 4.69) is 39.4 Å². The van der Waals surface area contributed by atoms with Crippen LogP contribution in [0.25, 0.3) is 0 Å². The molecule has 1 aromatic carbocycles. The van der Waals surface area contributed by atoms with E-state index in [0.29, 0.717) is 0 Å². The Morgan fingerprint density at radius 3 is 2.76 bits per heavy atom. The van der Waals surface area contributed by atoms with Crippen molar-refractivity contribution in [3.63, 3.8) is 0 Å². The third kappa shape index (κ3) is 3.48. The third-order valence-corrected chi connectivity index (χ3v) is 4.21. The number of rotatable bonds is 4. The average molecular weight is 311 g/mol. The molecule has 0 saturated carbocycles. The van der Waals surface area contributed by atoms with Crippen molar-refractivity contribution in [3.05, 3.63) is 44.6 Å². The summed E-state index contributed by atoms with van der Waals surface area (Å²) in [5.41, 5.74) is 8.96. The Morgan fingerprint density at radius 2 is 2.12 bits per heavy atom. The van der Waals surface area contributed by atoms with Gasteiger partial charge in [0, 0.05) is 11.4 Å². The van der Waals surface area contributed by atoms with Gasteiger partial charge in [-0.1, -0.05) is 6.07 Å². The summed E-state index contributed by atoms with van der Waals surface area (Å²) in [6.07, 6.45) is 1.02. The van der Waals surface area contributed by atoms with Gasteiger partial charge in [-0.25, -0.2) is 0 Å². The van der Waals surface area contributed by atoms with Crippen LogP contribution in [0.1, 0.15) is 10.4 Å². The molecule has 0 bridgehead atoms. The monoisotopic (exact) mass is 310 g/mol. The van der Waals surface area contributed by atoms with Gasteiger partial charge in [-0.3, -0.25) is 0 Å². The van der Waals surface area contributed by atoms with Crippen molar-refractivity contribution in [1.29, 1.82) is 0 Å². The Kier molecular flexibility index (Phi) is 4.07. The molecule has 0 radical (unpaired) electrons. The smallest absolute Gasteiger partial charge is 0.0701 e. The fourth-order valence-electron chi connectivity index (χ4n) is 1.65. The summed E-state index contributed by atoms with van der Waals surface area (Å²) in [5, 5.41) is 3.36. The molecular weight excluding hydrogens is 296 g/mol. The lowest BCUT2D eigenvalue weighted by atomic mass is 10.2. The third-order valence-electron chi connectivity index (χ3n) is 2.52. The fourth-order valence-corrected chi connectivity index (χ4v) is 3.13. The van der Waals surface area contributed by atoms with E-state index >= 15 is 0 Å². The number of hydrogen-bond acceptors (Lipinski definition) is 3. The highest BCUT2D eigenvalue weighted by Gasteiger charge is 2.00. The molecule has 0 aliphatic rings. The first kappa shape index (κ1) is 12.5. The van der Waals surface area contributed by atoms with Gasteiger partial charge in [0.1, 0.15) is 0 Å². The molecule has 0 atom stereocenters. The van der Waals surface area contributed by atoms with Crippen LogP contribution in [0.15, 0.2) is 34.1 Å². The standard InChI is InChI=1S/C13H15BrN2S/c1-9-2-4-12(11(15)8-9)16-7-6-10-3-5-13(14)17-10/h2-5,8,16H,6-7,15H2,1H3. The molecule has 0 unspecified atom stereocenters. The van der Waals surface area contributed by atoms with Gasteiger partial charge in [-0.05, 0) is 59.1 Å². The highest BCUT2D eigenvalue weighted by molar-refractivity contribution is 9.11. The molecule has 0 fully saturated rings. The van der Waals surface area contributed by atoms with Gasteiger partial charge in [0.15, 0.2) is 0 Å². The van der Waals surface area contributed by atoms with Crippen LogP contribution >= 0.6 is 27.3 Å². The molecule has 0 aliphatic carbocycles. The van der Waals surface area contributed by atoms with Crippen LogP contribution in [0.5, 0.6) is 0 Å². The number of halogens is 1. The molecule has 2 nitrogen and oxygen atoms in total. The first-order valence-electron chi connectivity index (χ1n) is 5.49. The number of nitrogens with two attached hydrogens (primary N) is 1. The fraction of sp³-hybridized carbons (Fsp3) is 0.231. The predicted octanol–water partition coefficient (Wildman–Crippen LogP) is 4.06. The number of aryl methyl sites for hydroxylation is 1. The average Bonchev–Trinajstić information content (AvgIpc) is 2.68. The van der Waals surface area contributed by atoms with Gasteiger partial charge in [-0.2, -0.15) is 0 Å². The lowest BCUT2D eigenvalue weighted by molar-refractivity contribution is 1.04. The van der Waals surface area contributed by atoms with Gasteiger partial charge < -0.3 is 11.1 Å². The number of hydrogen-bond donors (Lipinski definition) is 2. The van der Waals surface area contributed by atoms with Gasteiger partial charge in [0.2, 0.25) is 0 Å². The molecular formula is C13H15BrN2S. The maximum Gasteiger partial charge on any atom is 0.0701 e. The van der Waals surface area contributed by atoms with Crippen LogP contribution < -0.4 is 11.1 Å². The Balaban J connectivity index is 1.90. The van der Waals surface area contributed by atoms with Gasteiger partial charge in [-0.15, -0.1) is 11.3 Å². The summed E-state index contributed by atoms with van der Waals surface area (Å²) in [4.78, 5) is 1.37. The van der Waals surface area contributed by atoms with E-state index in [1.807, 2.05) is 19.1 Å². The van der Waals surface area contributed by atoms with Crippen molar-refractivity contribution in [2.75, 3.05) is 17.6 Å². The minimum absolute atomic E-state index is 0.817. The number of thiophene rings is 1. The van der Waals surface area contributed by atoms with E-state index in [9.17, 15) is 0 Å². The summed E-state index contributed by atoms with van der Waals surface area (Å²) in [7, 11) is 0. The molecule has 0 spiro atoms. The van der Waals surface area contributed by atoms with Gasteiger partial charge in [0.25, 0.3) is 0 Å². The normalized spacial score (nSPS) is 10.5. The molecule has 0 aliphatic heterocycles. The summed E-state index contributed by atoms with van der Waals surface area (Å²) in [6.45, 7) is 2.95. The van der Waals surface area contributed by atoms with E-state index in [-0.39, 0.29) is 0 Å². The Morgan fingerprint density at radius 1 is 1.29 bits per heavy atom. The lowest BCUT2D eigenvalue weighted by Crippen LogP contribution is -2.06. The molecule has 3 N–H and O–H groups in total.